The number of hydrogen-bond acceptors (Lipinski definition) is 8. The average molecular weight is 637 g/mol. The first-order valence-electron chi connectivity index (χ1n) is 17.2. The zero-order chi connectivity index (χ0) is 33.2. The maximum Gasteiger partial charge on any atom is 0.306 e. The number of ether oxygens (including phenoxy) is 3. The van der Waals surface area contributed by atoms with Gasteiger partial charge < -0.3 is 25.7 Å². The van der Waals surface area contributed by atoms with Crippen molar-refractivity contribution in [3.05, 3.63) is 71.8 Å². The second kappa shape index (κ2) is 24.4. The van der Waals surface area contributed by atoms with E-state index in [9.17, 15) is 14.4 Å². The summed E-state index contributed by atoms with van der Waals surface area (Å²) in [4.78, 5) is 36.6. The van der Waals surface area contributed by atoms with E-state index in [0.717, 1.165) is 81.0 Å². The maximum atomic E-state index is 12.5. The second-order valence-corrected chi connectivity index (χ2v) is 11.9. The van der Waals surface area contributed by atoms with E-state index in [1.54, 1.807) is 0 Å². The molecule has 2 aromatic carbocycles. The van der Waals surface area contributed by atoms with E-state index >= 15 is 0 Å². The molecule has 1 atom stereocenters. The van der Waals surface area contributed by atoms with Gasteiger partial charge in [-0.15, -0.1) is 0 Å². The number of carbonyl (C=O) groups is 3. The zero-order valence-electron chi connectivity index (χ0n) is 27.9. The van der Waals surface area contributed by atoms with E-state index in [4.69, 9.17) is 25.7 Å². The topological polar surface area (TPSA) is 131 Å². The van der Waals surface area contributed by atoms with Crippen molar-refractivity contribution in [2.24, 2.45) is 0 Å². The first kappa shape index (κ1) is 38.4. The van der Waals surface area contributed by atoms with Crippen molar-refractivity contribution < 1.29 is 28.6 Å². The Morgan fingerprint density at radius 1 is 0.630 bits per heavy atom. The predicted octanol–water partition coefficient (Wildman–Crippen LogP) is 8.06. The molecule has 0 saturated heterocycles. The molecule has 0 aromatic heterocycles. The number of carbonyl (C=O) groups excluding carboxylic acids is 3. The summed E-state index contributed by atoms with van der Waals surface area (Å²) in [5, 5.41) is 0. The number of anilines is 2. The molecule has 8 nitrogen and oxygen atoms in total. The monoisotopic (exact) mass is 636 g/mol. The number of allylic oxidation sites excluding steroid dienone is 1. The molecule has 0 bridgehead atoms. The Labute approximate surface area is 276 Å². The third kappa shape index (κ3) is 19.6. The number of hydrogen-bond donors (Lipinski definition) is 2. The van der Waals surface area contributed by atoms with E-state index in [-0.39, 0.29) is 37.5 Å². The first-order chi connectivity index (χ1) is 22.4. The van der Waals surface area contributed by atoms with Gasteiger partial charge in [-0.3, -0.25) is 14.4 Å². The van der Waals surface area contributed by atoms with Crippen molar-refractivity contribution in [1.82, 2.24) is 0 Å². The van der Waals surface area contributed by atoms with Crippen LogP contribution in [0.4, 0.5) is 11.4 Å². The lowest BCUT2D eigenvalue weighted by Crippen LogP contribution is -2.19. The summed E-state index contributed by atoms with van der Waals surface area (Å²) in [5.41, 5.74) is 15.0. The van der Waals surface area contributed by atoms with Crippen LogP contribution in [-0.4, -0.2) is 37.2 Å². The van der Waals surface area contributed by atoms with Crippen LogP contribution in [0, 0.1) is 0 Å². The highest BCUT2D eigenvalue weighted by molar-refractivity contribution is 5.77. The molecule has 4 N–H and O–H groups in total. The quantitative estimate of drug-likeness (QED) is 0.0368. The summed E-state index contributed by atoms with van der Waals surface area (Å²) in [6, 6.07) is 15.1. The molecule has 0 aliphatic carbocycles. The van der Waals surface area contributed by atoms with Gasteiger partial charge in [0.05, 0.1) is 26.1 Å². The molecule has 0 aliphatic rings. The third-order valence-corrected chi connectivity index (χ3v) is 7.80. The van der Waals surface area contributed by atoms with Crippen molar-refractivity contribution in [3.8, 4) is 0 Å². The number of benzene rings is 2. The largest absolute Gasteiger partial charge is 0.465 e. The molecule has 2 aromatic rings. The molecule has 8 heteroatoms. The van der Waals surface area contributed by atoms with Crippen LogP contribution < -0.4 is 11.5 Å². The Bertz CT molecular complexity index is 1150. The summed E-state index contributed by atoms with van der Waals surface area (Å²) in [5.74, 6) is -0.874. The maximum absolute atomic E-state index is 12.5. The van der Waals surface area contributed by atoms with Gasteiger partial charge in [0.2, 0.25) is 0 Å². The first-order valence-corrected chi connectivity index (χ1v) is 17.2. The van der Waals surface area contributed by atoms with Gasteiger partial charge in [-0.2, -0.15) is 0 Å². The van der Waals surface area contributed by atoms with Gasteiger partial charge in [-0.05, 0) is 67.5 Å². The molecular weight excluding hydrogens is 580 g/mol. The van der Waals surface area contributed by atoms with Crippen LogP contribution in [-0.2, 0) is 41.4 Å². The molecule has 0 aliphatic heterocycles. The SMILES string of the molecule is CCCCCC[C@H](C/C=C\CCCCCCCC(=O)OCCc1ccc(N)cc1)OC(=O)CCC(=O)OCCc1ccc(N)cc1. The van der Waals surface area contributed by atoms with E-state index in [1.165, 1.54) is 6.42 Å². The summed E-state index contributed by atoms with van der Waals surface area (Å²) in [7, 11) is 0. The molecule has 0 saturated carbocycles. The summed E-state index contributed by atoms with van der Waals surface area (Å²) < 4.78 is 16.4. The molecule has 46 heavy (non-hydrogen) atoms. The predicted molar refractivity (Wildman–Crippen MR) is 185 cm³/mol. The highest BCUT2D eigenvalue weighted by Gasteiger charge is 2.15. The summed E-state index contributed by atoms with van der Waals surface area (Å²) in [6.45, 7) is 2.84. The fraction of sp³-hybridized carbons (Fsp3) is 0.553. The zero-order valence-corrected chi connectivity index (χ0v) is 27.9. The van der Waals surface area contributed by atoms with Crippen LogP contribution in [0.15, 0.2) is 60.7 Å². The minimum Gasteiger partial charge on any atom is -0.465 e. The van der Waals surface area contributed by atoms with Crippen molar-refractivity contribution in [3.63, 3.8) is 0 Å². The van der Waals surface area contributed by atoms with Crippen molar-refractivity contribution >= 4 is 29.3 Å². The number of rotatable bonds is 25. The van der Waals surface area contributed by atoms with Gasteiger partial charge in [0.25, 0.3) is 0 Å². The van der Waals surface area contributed by atoms with Crippen LogP contribution in [0.3, 0.4) is 0 Å². The Hall–Kier alpha value is -3.81. The van der Waals surface area contributed by atoms with Crippen LogP contribution >= 0.6 is 0 Å². The number of esters is 3. The van der Waals surface area contributed by atoms with E-state index in [0.29, 0.717) is 38.0 Å². The molecule has 0 radical (unpaired) electrons. The van der Waals surface area contributed by atoms with Crippen molar-refractivity contribution in [2.45, 2.75) is 122 Å². The smallest absolute Gasteiger partial charge is 0.306 e. The molecule has 0 amide bonds. The lowest BCUT2D eigenvalue weighted by atomic mass is 10.1. The van der Waals surface area contributed by atoms with Crippen molar-refractivity contribution in [2.75, 3.05) is 24.7 Å². The van der Waals surface area contributed by atoms with Crippen LogP contribution in [0.1, 0.15) is 114 Å². The highest BCUT2D eigenvalue weighted by Crippen LogP contribution is 2.15. The Morgan fingerprint density at radius 3 is 1.76 bits per heavy atom. The van der Waals surface area contributed by atoms with Gasteiger partial charge in [0.1, 0.15) is 6.10 Å². The minimum absolute atomic E-state index is 0.0185. The van der Waals surface area contributed by atoms with Gasteiger partial charge in [0.15, 0.2) is 0 Å². The van der Waals surface area contributed by atoms with E-state index in [2.05, 4.69) is 19.1 Å². The molecule has 0 fully saturated rings. The number of nitrogen functional groups attached to an aromatic ring is 2. The Balaban J connectivity index is 1.54. The number of unbranched alkanes of at least 4 members (excludes halogenated alkanes) is 8. The van der Waals surface area contributed by atoms with Gasteiger partial charge in [-0.25, -0.2) is 0 Å². The van der Waals surface area contributed by atoms with E-state index in [1.807, 2.05) is 48.5 Å². The third-order valence-electron chi connectivity index (χ3n) is 7.80. The Morgan fingerprint density at radius 2 is 1.15 bits per heavy atom. The van der Waals surface area contributed by atoms with E-state index < -0.39 is 5.97 Å². The standard InChI is InChI=1S/C38H56N2O6/c1-2-3-4-11-14-35(46-38(43)26-25-37(42)45-30-28-32-19-23-34(40)24-20-32)15-12-9-7-5-6-8-10-13-16-36(41)44-29-27-31-17-21-33(39)22-18-31/h9,12,17-24,35H,2-8,10-11,13-16,25-30,39-40H2,1H3/b12-9-/t35-/m1/s1. The highest BCUT2D eigenvalue weighted by atomic mass is 16.5. The molecule has 0 spiro atoms. The fourth-order valence-corrected chi connectivity index (χ4v) is 4.98. The lowest BCUT2D eigenvalue weighted by molar-refractivity contribution is -0.153. The average Bonchev–Trinajstić information content (AvgIpc) is 3.04. The van der Waals surface area contributed by atoms with Crippen molar-refractivity contribution in [1.29, 1.82) is 0 Å². The van der Waals surface area contributed by atoms with Gasteiger partial charge >= 0.3 is 17.9 Å². The summed E-state index contributed by atoms with van der Waals surface area (Å²) >= 11 is 0. The molecule has 0 unspecified atom stereocenters. The molecular formula is C38H56N2O6. The molecule has 0 heterocycles. The van der Waals surface area contributed by atoms with Gasteiger partial charge in [-0.1, -0.05) is 81.9 Å². The Kier molecular flexibility index (Phi) is 20.4. The molecule has 2 rings (SSSR count). The minimum atomic E-state index is -0.392. The summed E-state index contributed by atoms with van der Waals surface area (Å²) in [6.07, 6.45) is 18.0. The number of nitrogens with two attached hydrogens (primary N) is 2. The lowest BCUT2D eigenvalue weighted by Gasteiger charge is -2.16. The van der Waals surface area contributed by atoms with Crippen LogP contribution in [0.5, 0.6) is 0 Å². The van der Waals surface area contributed by atoms with Gasteiger partial charge in [0, 0.05) is 37.1 Å². The fourth-order valence-electron chi connectivity index (χ4n) is 4.98. The molecule has 254 valence electrons. The van der Waals surface area contributed by atoms with Crippen LogP contribution in [0.25, 0.3) is 0 Å². The van der Waals surface area contributed by atoms with Crippen LogP contribution in [0.2, 0.25) is 0 Å². The second-order valence-electron chi connectivity index (χ2n) is 11.9. The normalized spacial score (nSPS) is 11.8.